The van der Waals surface area contributed by atoms with Crippen LogP contribution in [0, 0.1) is 11.3 Å². The van der Waals surface area contributed by atoms with E-state index >= 15 is 0 Å². The van der Waals surface area contributed by atoms with Crippen LogP contribution in [0.2, 0.25) is 0 Å². The van der Waals surface area contributed by atoms with Crippen LogP contribution in [0.1, 0.15) is 69.9 Å². The van der Waals surface area contributed by atoms with Crippen molar-refractivity contribution >= 4 is 5.91 Å². The maximum atomic E-state index is 11.2. The topological polar surface area (TPSA) is 73.1 Å². The third-order valence-corrected chi connectivity index (χ3v) is 4.58. The summed E-state index contributed by atoms with van der Waals surface area (Å²) < 4.78 is 0. The van der Waals surface area contributed by atoms with Crippen molar-refractivity contribution < 1.29 is 9.90 Å². The fourth-order valence-corrected chi connectivity index (χ4v) is 2.98. The Kier molecular flexibility index (Phi) is 9.87. The Morgan fingerprint density at radius 2 is 1.64 bits per heavy atom. The molecular formula is C21H32N2O2. The second-order valence-corrected chi connectivity index (χ2v) is 6.87. The van der Waals surface area contributed by atoms with Gasteiger partial charge in [-0.05, 0) is 36.8 Å². The van der Waals surface area contributed by atoms with Gasteiger partial charge in [0, 0.05) is 6.92 Å². The predicted molar refractivity (Wildman–Crippen MR) is 101 cm³/mol. The van der Waals surface area contributed by atoms with Crippen molar-refractivity contribution in [2.45, 2.75) is 77.2 Å². The first-order valence-electron chi connectivity index (χ1n) is 9.44. The fourth-order valence-electron chi connectivity index (χ4n) is 2.98. The third-order valence-electron chi connectivity index (χ3n) is 4.58. The minimum Gasteiger partial charge on any atom is -0.393 e. The lowest BCUT2D eigenvalue weighted by Crippen LogP contribution is -2.49. The quantitative estimate of drug-likeness (QED) is 0.565. The van der Waals surface area contributed by atoms with E-state index in [0.29, 0.717) is 12.8 Å². The summed E-state index contributed by atoms with van der Waals surface area (Å²) in [7, 11) is 0. The van der Waals surface area contributed by atoms with Crippen LogP contribution in [0.3, 0.4) is 0 Å². The molecule has 1 aromatic rings. The monoisotopic (exact) mass is 344 g/mol. The van der Waals surface area contributed by atoms with Crippen LogP contribution >= 0.6 is 0 Å². The molecule has 1 rings (SSSR count). The van der Waals surface area contributed by atoms with E-state index in [9.17, 15) is 15.2 Å². The molecule has 0 radical (unpaired) electrons. The first-order valence-corrected chi connectivity index (χ1v) is 9.44. The summed E-state index contributed by atoms with van der Waals surface area (Å²) in [6.07, 6.45) is 9.96. The summed E-state index contributed by atoms with van der Waals surface area (Å²) in [6, 6.07) is 10.5. The summed E-state index contributed by atoms with van der Waals surface area (Å²) in [5, 5.41) is 21.4. The van der Waals surface area contributed by atoms with E-state index in [1.54, 1.807) is 0 Å². The van der Waals surface area contributed by atoms with Gasteiger partial charge in [-0.15, -0.1) is 0 Å². The lowest BCUT2D eigenvalue weighted by Gasteiger charge is -2.25. The molecule has 1 atom stereocenters. The molecule has 1 amide bonds. The van der Waals surface area contributed by atoms with Crippen LogP contribution in [0.15, 0.2) is 24.3 Å². The molecule has 1 unspecified atom stereocenters. The maximum Gasteiger partial charge on any atom is 0.218 e. The molecule has 0 aliphatic rings. The van der Waals surface area contributed by atoms with Crippen molar-refractivity contribution in [1.29, 1.82) is 5.26 Å². The van der Waals surface area contributed by atoms with Gasteiger partial charge < -0.3 is 10.4 Å². The summed E-state index contributed by atoms with van der Waals surface area (Å²) >= 11 is 0. The smallest absolute Gasteiger partial charge is 0.218 e. The summed E-state index contributed by atoms with van der Waals surface area (Å²) in [5.41, 5.74) is 1.27. The van der Waals surface area contributed by atoms with Crippen molar-refractivity contribution in [3.63, 3.8) is 0 Å². The fraction of sp³-hybridized carbons (Fsp3) is 0.619. The number of aliphatic hydroxyl groups is 1. The Morgan fingerprint density at radius 1 is 1.08 bits per heavy atom. The van der Waals surface area contributed by atoms with Gasteiger partial charge in [0.05, 0.1) is 12.7 Å². The summed E-state index contributed by atoms with van der Waals surface area (Å²) in [4.78, 5) is 11.2. The number of benzene rings is 1. The molecule has 0 aliphatic carbocycles. The predicted octanol–water partition coefficient (Wildman–Crippen LogP) is 3.91. The summed E-state index contributed by atoms with van der Waals surface area (Å²) in [6.45, 7) is 3.22. The molecule has 0 fully saturated rings. The lowest BCUT2D eigenvalue weighted by atomic mass is 9.92. The van der Waals surface area contributed by atoms with E-state index < -0.39 is 5.54 Å². The lowest BCUT2D eigenvalue weighted by molar-refractivity contribution is -0.120. The highest BCUT2D eigenvalue weighted by Crippen LogP contribution is 2.16. The highest BCUT2D eigenvalue weighted by Gasteiger charge is 2.29. The van der Waals surface area contributed by atoms with Gasteiger partial charge in [0.25, 0.3) is 0 Å². The number of carbonyl (C=O) groups is 1. The highest BCUT2D eigenvalue weighted by atomic mass is 16.3. The molecule has 0 heterocycles. The van der Waals surface area contributed by atoms with Gasteiger partial charge in [0.2, 0.25) is 5.91 Å². The number of aryl methyl sites for hydroxylation is 2. The van der Waals surface area contributed by atoms with E-state index in [1.165, 1.54) is 51.0 Å². The van der Waals surface area contributed by atoms with Gasteiger partial charge >= 0.3 is 0 Å². The van der Waals surface area contributed by atoms with Crippen LogP contribution in [0.4, 0.5) is 0 Å². The maximum absolute atomic E-state index is 11.2. The van der Waals surface area contributed by atoms with E-state index in [0.717, 1.165) is 12.0 Å². The van der Waals surface area contributed by atoms with Crippen LogP contribution in [-0.4, -0.2) is 23.2 Å². The molecule has 0 saturated carbocycles. The number of nitriles is 1. The number of nitrogens with one attached hydrogen (secondary N) is 1. The van der Waals surface area contributed by atoms with Crippen molar-refractivity contribution in [3.8, 4) is 6.07 Å². The Morgan fingerprint density at radius 3 is 2.16 bits per heavy atom. The molecule has 0 bridgehead atoms. The average molecular weight is 344 g/mol. The zero-order valence-corrected chi connectivity index (χ0v) is 15.7. The molecule has 4 heteroatoms. The molecule has 0 saturated heterocycles. The number of nitrogens with zero attached hydrogens (tertiary/aromatic N) is 1. The zero-order valence-electron chi connectivity index (χ0n) is 15.7. The Balaban J connectivity index is 2.43. The van der Waals surface area contributed by atoms with Crippen LogP contribution in [-0.2, 0) is 17.6 Å². The Hall–Kier alpha value is -1.86. The van der Waals surface area contributed by atoms with Crippen molar-refractivity contribution in [1.82, 2.24) is 5.32 Å². The average Bonchev–Trinajstić information content (AvgIpc) is 2.62. The van der Waals surface area contributed by atoms with Gasteiger partial charge in [-0.2, -0.15) is 5.26 Å². The normalized spacial score (nSPS) is 13.0. The van der Waals surface area contributed by atoms with Gasteiger partial charge in [0.1, 0.15) is 0 Å². The number of carbonyl (C=O) groups excluding carboxylic acids is 1. The number of aliphatic hydroxyl groups excluding tert-OH is 1. The molecule has 2 N–H and O–H groups in total. The van der Waals surface area contributed by atoms with Gasteiger partial charge in [-0.3, -0.25) is 4.79 Å². The second kappa shape index (κ2) is 11.7. The number of hydrogen-bond acceptors (Lipinski definition) is 3. The van der Waals surface area contributed by atoms with Crippen molar-refractivity contribution in [2.24, 2.45) is 0 Å². The number of hydrogen-bond donors (Lipinski definition) is 2. The van der Waals surface area contributed by atoms with E-state index in [-0.39, 0.29) is 12.5 Å². The molecule has 0 aliphatic heterocycles. The second-order valence-electron chi connectivity index (χ2n) is 6.87. The van der Waals surface area contributed by atoms with E-state index in [4.69, 9.17) is 0 Å². The molecule has 0 spiro atoms. The van der Waals surface area contributed by atoms with E-state index in [2.05, 4.69) is 36.5 Å². The molecule has 1 aromatic carbocycles. The minimum atomic E-state index is -1.19. The van der Waals surface area contributed by atoms with Gasteiger partial charge in [0.15, 0.2) is 5.54 Å². The summed E-state index contributed by atoms with van der Waals surface area (Å²) in [5.74, 6) is -0.301. The Bertz CT molecular complexity index is 548. The van der Waals surface area contributed by atoms with Crippen LogP contribution < -0.4 is 5.32 Å². The standard InChI is InChI=1S/C21H32N2O2/c1-3-4-5-6-7-8-9-19-10-12-20(13-11-19)14-15-21(16-22,17-24)23-18(2)25/h10-13,24H,3-9,14-15,17H2,1-2H3,(H,23,25). The Labute approximate surface area is 152 Å². The van der Waals surface area contributed by atoms with Crippen molar-refractivity contribution in [3.05, 3.63) is 35.4 Å². The number of rotatable bonds is 12. The van der Waals surface area contributed by atoms with Crippen molar-refractivity contribution in [2.75, 3.05) is 6.61 Å². The minimum absolute atomic E-state index is 0.301. The molecule has 4 nitrogen and oxygen atoms in total. The first-order chi connectivity index (χ1) is 12.0. The molecule has 25 heavy (non-hydrogen) atoms. The third kappa shape index (κ3) is 8.18. The van der Waals surface area contributed by atoms with E-state index in [1.807, 2.05) is 6.07 Å². The molecule has 0 aromatic heterocycles. The zero-order chi connectivity index (χ0) is 18.5. The molecule has 138 valence electrons. The van der Waals surface area contributed by atoms with Gasteiger partial charge in [-0.1, -0.05) is 63.3 Å². The van der Waals surface area contributed by atoms with Crippen LogP contribution in [0.5, 0.6) is 0 Å². The number of amides is 1. The number of unbranched alkanes of at least 4 members (excludes halogenated alkanes) is 5. The SMILES string of the molecule is CCCCCCCCc1ccc(CCC(C#N)(CO)NC(C)=O)cc1. The van der Waals surface area contributed by atoms with Gasteiger partial charge in [-0.25, -0.2) is 0 Å². The first kappa shape index (κ1) is 21.2. The van der Waals surface area contributed by atoms with Crippen LogP contribution in [0.25, 0.3) is 0 Å². The largest absolute Gasteiger partial charge is 0.393 e. The molecular weight excluding hydrogens is 312 g/mol. The highest BCUT2D eigenvalue weighted by molar-refractivity contribution is 5.74.